The number of aromatic nitrogens is 3. The quantitative estimate of drug-likeness (QED) is 0.502. The predicted molar refractivity (Wildman–Crippen MR) is 107 cm³/mol. The molecule has 26 heavy (non-hydrogen) atoms. The van der Waals surface area contributed by atoms with Gasteiger partial charge < -0.3 is 5.32 Å². The maximum Gasteiger partial charge on any atom is 0.236 e. The zero-order valence-corrected chi connectivity index (χ0v) is 16.0. The van der Waals surface area contributed by atoms with E-state index in [1.54, 1.807) is 6.20 Å². The zero-order chi connectivity index (χ0) is 17.8. The smallest absolute Gasteiger partial charge is 0.236 e. The van der Waals surface area contributed by atoms with Gasteiger partial charge in [0.1, 0.15) is 10.9 Å². The van der Waals surface area contributed by atoms with Crippen LogP contribution in [0.5, 0.6) is 0 Å². The van der Waals surface area contributed by atoms with Crippen molar-refractivity contribution in [1.29, 1.82) is 0 Å². The van der Waals surface area contributed by atoms with E-state index >= 15 is 0 Å². The molecule has 1 aromatic carbocycles. The second kappa shape index (κ2) is 8.14. The van der Waals surface area contributed by atoms with Crippen molar-refractivity contribution in [2.45, 2.75) is 43.0 Å². The number of nitrogens with one attached hydrogen (secondary N) is 1. The molecule has 0 aliphatic heterocycles. The number of thioether (sulfide) groups is 1. The summed E-state index contributed by atoms with van der Waals surface area (Å²) >= 11 is 2.89. The molecule has 1 N–H and O–H groups in total. The van der Waals surface area contributed by atoms with E-state index in [-0.39, 0.29) is 5.91 Å². The maximum atomic E-state index is 12.2. The highest BCUT2D eigenvalue weighted by Crippen LogP contribution is 2.34. The fourth-order valence-corrected chi connectivity index (χ4v) is 4.66. The molecule has 1 saturated carbocycles. The van der Waals surface area contributed by atoms with Gasteiger partial charge in [-0.15, -0.1) is 11.3 Å². The first-order valence-corrected chi connectivity index (χ1v) is 10.7. The number of hydrogen-bond acceptors (Lipinski definition) is 6. The number of carbonyl (C=O) groups is 1. The van der Waals surface area contributed by atoms with E-state index in [4.69, 9.17) is 9.97 Å². The fraction of sp³-hybridized carbons (Fsp3) is 0.368. The molecule has 4 rings (SSSR count). The molecule has 1 fully saturated rings. The molecule has 0 radical (unpaired) electrons. The molecule has 1 aliphatic carbocycles. The van der Waals surface area contributed by atoms with Gasteiger partial charge >= 0.3 is 0 Å². The Hall–Kier alpha value is -1.99. The van der Waals surface area contributed by atoms with Crippen LogP contribution >= 0.6 is 23.1 Å². The van der Waals surface area contributed by atoms with Gasteiger partial charge in [0.05, 0.1) is 11.3 Å². The van der Waals surface area contributed by atoms with E-state index in [9.17, 15) is 4.79 Å². The summed E-state index contributed by atoms with van der Waals surface area (Å²) in [5.41, 5.74) is 0.964. The Balaban J connectivity index is 1.55. The average Bonchev–Trinajstić information content (AvgIpc) is 3.19. The Labute approximate surface area is 160 Å². The number of nitrogens with zero attached hydrogens (tertiary/aromatic N) is 3. The maximum absolute atomic E-state index is 12.2. The van der Waals surface area contributed by atoms with Gasteiger partial charge in [-0.05, 0) is 18.9 Å². The van der Waals surface area contributed by atoms with Crippen LogP contribution < -0.4 is 5.32 Å². The van der Waals surface area contributed by atoms with E-state index in [2.05, 4.69) is 10.3 Å². The van der Waals surface area contributed by atoms with Crippen LogP contribution in [0.3, 0.4) is 0 Å². The number of benzene rings is 1. The standard InChI is InChI=1S/C19H20N4OS2/c24-16(22-19-20-10-11-25-19)12-26-18-14-8-4-5-9-15(14)21-17(23-18)13-6-2-1-3-7-13/h4-5,8-11,13H,1-3,6-7,12H2,(H,20,22,24). The van der Waals surface area contributed by atoms with Crippen molar-refractivity contribution in [1.82, 2.24) is 15.0 Å². The Bertz CT molecular complexity index is 892. The van der Waals surface area contributed by atoms with Crippen molar-refractivity contribution in [2.24, 2.45) is 0 Å². The third-order valence-electron chi connectivity index (χ3n) is 4.57. The lowest BCUT2D eigenvalue weighted by Crippen LogP contribution is -2.14. The van der Waals surface area contributed by atoms with Crippen LogP contribution in [-0.2, 0) is 4.79 Å². The Kier molecular flexibility index (Phi) is 5.45. The van der Waals surface area contributed by atoms with Crippen LogP contribution in [0.25, 0.3) is 10.9 Å². The molecule has 0 spiro atoms. The molecule has 2 heterocycles. The molecular weight excluding hydrogens is 364 g/mol. The van der Waals surface area contributed by atoms with Crippen molar-refractivity contribution in [3.05, 3.63) is 41.7 Å². The van der Waals surface area contributed by atoms with Gasteiger partial charge in [0, 0.05) is 22.9 Å². The third kappa shape index (κ3) is 4.04. The molecule has 7 heteroatoms. The summed E-state index contributed by atoms with van der Waals surface area (Å²) in [6.45, 7) is 0. The summed E-state index contributed by atoms with van der Waals surface area (Å²) in [5, 5.41) is 7.20. The van der Waals surface area contributed by atoms with Gasteiger partial charge in [-0.1, -0.05) is 49.2 Å². The Morgan fingerprint density at radius 3 is 2.85 bits per heavy atom. The second-order valence-corrected chi connectivity index (χ2v) is 8.27. The number of fused-ring (bicyclic) bond motifs is 1. The molecule has 1 aliphatic rings. The van der Waals surface area contributed by atoms with E-state index in [0.717, 1.165) is 34.6 Å². The first kappa shape index (κ1) is 17.4. The molecule has 2 aromatic heterocycles. The number of para-hydroxylation sites is 1. The molecule has 5 nitrogen and oxygen atoms in total. The number of carbonyl (C=O) groups excluding carboxylic acids is 1. The van der Waals surface area contributed by atoms with Gasteiger partial charge in [-0.3, -0.25) is 4.79 Å². The first-order chi connectivity index (χ1) is 12.8. The highest BCUT2D eigenvalue weighted by atomic mass is 32.2. The Morgan fingerprint density at radius 1 is 1.19 bits per heavy atom. The van der Waals surface area contributed by atoms with Crippen LogP contribution in [0, 0.1) is 0 Å². The topological polar surface area (TPSA) is 67.8 Å². The van der Waals surface area contributed by atoms with E-state index in [1.807, 2.05) is 29.6 Å². The summed E-state index contributed by atoms with van der Waals surface area (Å²) in [7, 11) is 0. The number of amides is 1. The van der Waals surface area contributed by atoms with Gasteiger partial charge in [-0.25, -0.2) is 15.0 Å². The van der Waals surface area contributed by atoms with Crippen molar-refractivity contribution in [2.75, 3.05) is 11.1 Å². The minimum atomic E-state index is -0.0631. The summed E-state index contributed by atoms with van der Waals surface area (Å²) in [6, 6.07) is 8.05. The largest absolute Gasteiger partial charge is 0.301 e. The predicted octanol–water partition coefficient (Wildman–Crippen LogP) is 4.86. The van der Waals surface area contributed by atoms with E-state index in [1.165, 1.54) is 42.4 Å². The van der Waals surface area contributed by atoms with E-state index in [0.29, 0.717) is 16.8 Å². The third-order valence-corrected chi connectivity index (χ3v) is 6.25. The van der Waals surface area contributed by atoms with Crippen molar-refractivity contribution in [3.8, 4) is 0 Å². The minimum Gasteiger partial charge on any atom is -0.301 e. The first-order valence-electron chi connectivity index (χ1n) is 8.88. The molecule has 0 bridgehead atoms. The lowest BCUT2D eigenvalue weighted by atomic mass is 9.88. The zero-order valence-electron chi connectivity index (χ0n) is 14.4. The van der Waals surface area contributed by atoms with Gasteiger partial charge in [0.25, 0.3) is 0 Å². The molecular formula is C19H20N4OS2. The van der Waals surface area contributed by atoms with E-state index < -0.39 is 0 Å². The highest BCUT2D eigenvalue weighted by molar-refractivity contribution is 8.00. The lowest BCUT2D eigenvalue weighted by molar-refractivity contribution is -0.113. The SMILES string of the molecule is O=C(CSc1nc(C2CCCCC2)nc2ccccc12)Nc1nccs1. The van der Waals surface area contributed by atoms with Gasteiger partial charge in [0.15, 0.2) is 5.13 Å². The molecule has 0 atom stereocenters. The van der Waals surface area contributed by atoms with Crippen LogP contribution in [0.15, 0.2) is 40.9 Å². The Morgan fingerprint density at radius 2 is 2.04 bits per heavy atom. The number of thiazole rings is 1. The fourth-order valence-electron chi connectivity index (χ4n) is 3.29. The van der Waals surface area contributed by atoms with Crippen LogP contribution in [-0.4, -0.2) is 26.6 Å². The van der Waals surface area contributed by atoms with Crippen molar-refractivity contribution >= 4 is 45.0 Å². The summed E-state index contributed by atoms with van der Waals surface area (Å²) in [6.07, 6.45) is 7.81. The van der Waals surface area contributed by atoms with Gasteiger partial charge in [-0.2, -0.15) is 0 Å². The highest BCUT2D eigenvalue weighted by Gasteiger charge is 2.20. The molecule has 1 amide bonds. The summed E-state index contributed by atoms with van der Waals surface area (Å²) in [5.74, 6) is 1.62. The van der Waals surface area contributed by atoms with Crippen molar-refractivity contribution in [3.63, 3.8) is 0 Å². The summed E-state index contributed by atoms with van der Waals surface area (Å²) in [4.78, 5) is 26.0. The summed E-state index contributed by atoms with van der Waals surface area (Å²) < 4.78 is 0. The van der Waals surface area contributed by atoms with Crippen molar-refractivity contribution < 1.29 is 4.79 Å². The van der Waals surface area contributed by atoms with Crippen LogP contribution in [0.4, 0.5) is 5.13 Å². The van der Waals surface area contributed by atoms with Crippen LogP contribution in [0.2, 0.25) is 0 Å². The number of hydrogen-bond donors (Lipinski definition) is 1. The molecule has 0 unspecified atom stereocenters. The second-order valence-electron chi connectivity index (χ2n) is 6.41. The van der Waals surface area contributed by atoms with Crippen LogP contribution in [0.1, 0.15) is 43.8 Å². The normalized spacial score (nSPS) is 15.2. The van der Waals surface area contributed by atoms with Gasteiger partial charge in [0.2, 0.25) is 5.91 Å². The minimum absolute atomic E-state index is 0.0631. The molecule has 134 valence electrons. The lowest BCUT2D eigenvalue weighted by Gasteiger charge is -2.21. The number of anilines is 1. The molecule has 0 saturated heterocycles. The number of rotatable bonds is 5. The average molecular weight is 385 g/mol. The molecule has 3 aromatic rings. The monoisotopic (exact) mass is 384 g/mol.